The van der Waals surface area contributed by atoms with Crippen LogP contribution in [0.2, 0.25) is 0 Å². The van der Waals surface area contributed by atoms with Crippen molar-refractivity contribution in [2.24, 2.45) is 11.3 Å². The zero-order valence-electron chi connectivity index (χ0n) is 24.6. The second kappa shape index (κ2) is 9.52. The molecule has 226 valence electrons. The first-order valence-corrected chi connectivity index (χ1v) is 14.0. The molecule has 5 aliphatic rings. The number of epoxide rings is 2. The van der Waals surface area contributed by atoms with Crippen molar-refractivity contribution in [2.75, 3.05) is 0 Å². The van der Waals surface area contributed by atoms with Gasteiger partial charge in [-0.15, -0.1) is 0 Å². The third-order valence-corrected chi connectivity index (χ3v) is 9.75. The summed E-state index contributed by atoms with van der Waals surface area (Å²) in [6.45, 7) is 12.4. The maximum absolute atomic E-state index is 13.2. The molecule has 0 aromatic heterocycles. The fraction of sp³-hybridized carbons (Fsp3) is 0.759. The zero-order chi connectivity index (χ0) is 30.3. The van der Waals surface area contributed by atoms with Crippen LogP contribution in [-0.4, -0.2) is 83.3 Å². The third-order valence-electron chi connectivity index (χ3n) is 9.75. The predicted molar refractivity (Wildman–Crippen MR) is 137 cm³/mol. The van der Waals surface area contributed by atoms with Crippen LogP contribution in [-0.2, 0) is 57.1 Å². The van der Waals surface area contributed by atoms with Crippen molar-refractivity contribution in [3.05, 3.63) is 11.6 Å². The molecular formula is C29H38O12. The van der Waals surface area contributed by atoms with E-state index in [1.54, 1.807) is 33.8 Å². The van der Waals surface area contributed by atoms with Crippen LogP contribution in [0.5, 0.6) is 0 Å². The van der Waals surface area contributed by atoms with E-state index in [0.29, 0.717) is 5.57 Å². The molecule has 12 heteroatoms. The minimum Gasteiger partial charge on any atom is -0.462 e. The van der Waals surface area contributed by atoms with E-state index in [1.807, 2.05) is 6.92 Å². The van der Waals surface area contributed by atoms with E-state index < -0.39 is 88.5 Å². The van der Waals surface area contributed by atoms with Crippen molar-refractivity contribution in [3.8, 4) is 0 Å². The highest BCUT2D eigenvalue weighted by Gasteiger charge is 2.89. The molecule has 0 bridgehead atoms. The Morgan fingerprint density at radius 2 is 1.54 bits per heavy atom. The first-order chi connectivity index (χ1) is 19.0. The molecule has 11 atom stereocenters. The van der Waals surface area contributed by atoms with Crippen LogP contribution >= 0.6 is 0 Å². The van der Waals surface area contributed by atoms with Crippen molar-refractivity contribution >= 4 is 29.8 Å². The van der Waals surface area contributed by atoms with E-state index >= 15 is 0 Å². The van der Waals surface area contributed by atoms with Gasteiger partial charge in [-0.1, -0.05) is 13.8 Å². The highest BCUT2D eigenvalue weighted by molar-refractivity contribution is 5.89. The van der Waals surface area contributed by atoms with E-state index in [4.69, 9.17) is 33.2 Å². The van der Waals surface area contributed by atoms with E-state index in [1.165, 1.54) is 20.8 Å². The molecule has 0 amide bonds. The number of hydrogen-bond donors (Lipinski definition) is 0. The second-order valence-electron chi connectivity index (χ2n) is 12.3. The monoisotopic (exact) mass is 578 g/mol. The molecule has 0 aromatic carbocycles. The highest BCUT2D eigenvalue weighted by Crippen LogP contribution is 2.69. The Bertz CT molecular complexity index is 1230. The van der Waals surface area contributed by atoms with Crippen LogP contribution in [0.15, 0.2) is 11.6 Å². The summed E-state index contributed by atoms with van der Waals surface area (Å²) in [5, 5.41) is 0. The Kier molecular flexibility index (Phi) is 6.85. The number of hydrogen-bond acceptors (Lipinski definition) is 12. The van der Waals surface area contributed by atoms with Crippen LogP contribution in [0, 0.1) is 11.3 Å². The molecule has 1 spiro atoms. The van der Waals surface area contributed by atoms with E-state index in [-0.39, 0.29) is 25.4 Å². The van der Waals surface area contributed by atoms with Gasteiger partial charge in [-0.3, -0.25) is 19.2 Å². The SMILES string of the molecule is CCC(=O)O[C@H]1C[C@@H](OC(C)=O)/C(C)=C\[C@@H]2OC(=O)[C@]3(C)O[C@]23[C@@H](OC(C)=O)[C@H]2[C@@]3(C)O[C@H]3C[C@H](OC(C)=O)[C@]12C. The quantitative estimate of drug-likeness (QED) is 0.203. The lowest BCUT2D eigenvalue weighted by atomic mass is 9.53. The Labute approximate surface area is 238 Å². The third kappa shape index (κ3) is 4.28. The van der Waals surface area contributed by atoms with Gasteiger partial charge in [0.05, 0.1) is 17.1 Å². The molecule has 41 heavy (non-hydrogen) atoms. The summed E-state index contributed by atoms with van der Waals surface area (Å²) in [5.74, 6) is -3.73. The van der Waals surface area contributed by atoms with Crippen molar-refractivity contribution in [3.63, 3.8) is 0 Å². The van der Waals surface area contributed by atoms with Crippen LogP contribution in [0.3, 0.4) is 0 Å². The molecule has 0 radical (unpaired) electrons. The Morgan fingerprint density at radius 1 is 0.927 bits per heavy atom. The lowest BCUT2D eigenvalue weighted by Crippen LogP contribution is -2.66. The summed E-state index contributed by atoms with van der Waals surface area (Å²) in [4.78, 5) is 63.5. The van der Waals surface area contributed by atoms with Gasteiger partial charge in [0.2, 0.25) is 0 Å². The van der Waals surface area contributed by atoms with Crippen LogP contribution in [0.4, 0.5) is 0 Å². The molecule has 2 aliphatic carbocycles. The molecule has 0 unspecified atom stereocenters. The summed E-state index contributed by atoms with van der Waals surface area (Å²) < 4.78 is 42.1. The fourth-order valence-corrected chi connectivity index (χ4v) is 7.63. The maximum Gasteiger partial charge on any atom is 0.342 e. The van der Waals surface area contributed by atoms with Crippen LogP contribution in [0.25, 0.3) is 0 Å². The minimum absolute atomic E-state index is 0.00223. The van der Waals surface area contributed by atoms with Gasteiger partial charge in [0.1, 0.15) is 24.4 Å². The predicted octanol–water partition coefficient (Wildman–Crippen LogP) is 2.09. The van der Waals surface area contributed by atoms with Gasteiger partial charge in [0, 0.05) is 46.0 Å². The molecule has 3 aliphatic heterocycles. The number of carbonyl (C=O) groups excluding carboxylic acids is 5. The standard InChI is InChI=1S/C29H38O12/c1-9-22(33)38-18-11-17(35-14(3)30)13(2)10-21-29(28(8,41-29)25(34)39-21)24(37-16(5)32)23-26(18,6)19(36-15(4)31)12-20-27(23,7)40-20/h10,17-21,23-24H,9,11-12H2,1-8H3/b13-10-/t17-,18+,19+,20+,21+,23-,24+,26+,27+,28+,29+/m1/s1. The van der Waals surface area contributed by atoms with E-state index in [9.17, 15) is 24.0 Å². The maximum atomic E-state index is 13.2. The summed E-state index contributed by atoms with van der Waals surface area (Å²) in [7, 11) is 0. The largest absolute Gasteiger partial charge is 0.462 e. The summed E-state index contributed by atoms with van der Waals surface area (Å²) >= 11 is 0. The number of rotatable bonds is 5. The van der Waals surface area contributed by atoms with Gasteiger partial charge in [0.15, 0.2) is 17.3 Å². The highest BCUT2D eigenvalue weighted by atomic mass is 16.7. The minimum atomic E-state index is -1.47. The number of carbonyl (C=O) groups is 5. The summed E-state index contributed by atoms with van der Waals surface area (Å²) in [6.07, 6.45) is -3.31. The van der Waals surface area contributed by atoms with Gasteiger partial charge >= 0.3 is 29.8 Å². The van der Waals surface area contributed by atoms with Crippen LogP contribution in [0.1, 0.15) is 74.7 Å². The van der Waals surface area contributed by atoms with Gasteiger partial charge in [0.25, 0.3) is 0 Å². The Hall–Kier alpha value is -2.99. The number of ether oxygens (including phenoxy) is 7. The van der Waals surface area contributed by atoms with Gasteiger partial charge in [-0.25, -0.2) is 4.79 Å². The Balaban J connectivity index is 1.79. The summed E-state index contributed by atoms with van der Waals surface area (Å²) in [5.41, 5.74) is -4.62. The summed E-state index contributed by atoms with van der Waals surface area (Å²) in [6, 6.07) is 0. The zero-order valence-corrected chi connectivity index (χ0v) is 24.6. The smallest absolute Gasteiger partial charge is 0.342 e. The lowest BCUT2D eigenvalue weighted by Gasteiger charge is -2.54. The van der Waals surface area contributed by atoms with Crippen LogP contribution < -0.4 is 0 Å². The van der Waals surface area contributed by atoms with E-state index in [0.717, 1.165) is 0 Å². The van der Waals surface area contributed by atoms with E-state index in [2.05, 4.69) is 0 Å². The van der Waals surface area contributed by atoms with Crippen molar-refractivity contribution < 1.29 is 57.1 Å². The van der Waals surface area contributed by atoms with Crippen molar-refractivity contribution in [2.45, 2.75) is 128 Å². The molecular weight excluding hydrogens is 540 g/mol. The molecule has 12 nitrogen and oxygen atoms in total. The fourth-order valence-electron chi connectivity index (χ4n) is 7.63. The Morgan fingerprint density at radius 3 is 2.10 bits per heavy atom. The molecule has 0 aromatic rings. The first kappa shape index (κ1) is 29.5. The van der Waals surface area contributed by atoms with Gasteiger partial charge in [-0.2, -0.15) is 0 Å². The topological polar surface area (TPSA) is 157 Å². The average molecular weight is 579 g/mol. The second-order valence-corrected chi connectivity index (χ2v) is 12.3. The average Bonchev–Trinajstić information content (AvgIpc) is 3.70. The lowest BCUT2D eigenvalue weighted by molar-refractivity contribution is -0.216. The van der Waals surface area contributed by atoms with Crippen molar-refractivity contribution in [1.29, 1.82) is 0 Å². The number of fused-ring (bicyclic) bond motifs is 3. The molecule has 5 rings (SSSR count). The normalized spacial score (nSPS) is 47.0. The van der Waals surface area contributed by atoms with Crippen molar-refractivity contribution in [1.82, 2.24) is 0 Å². The molecule has 3 saturated heterocycles. The molecule has 3 heterocycles. The first-order valence-electron chi connectivity index (χ1n) is 14.0. The molecule has 0 N–H and O–H groups in total. The molecule has 1 saturated carbocycles. The van der Waals surface area contributed by atoms with Gasteiger partial charge < -0.3 is 33.2 Å². The van der Waals surface area contributed by atoms with Gasteiger partial charge in [-0.05, 0) is 32.4 Å². The number of esters is 5. The molecule has 4 fully saturated rings.